The number of amides is 2. The van der Waals surface area contributed by atoms with Crippen molar-refractivity contribution in [2.75, 3.05) is 0 Å². The molecule has 3 aromatic rings. The summed E-state index contributed by atoms with van der Waals surface area (Å²) in [5, 5.41) is 0.323. The van der Waals surface area contributed by atoms with Gasteiger partial charge in [0.25, 0.3) is 11.1 Å². The summed E-state index contributed by atoms with van der Waals surface area (Å²) in [5.41, 5.74) is 0.796. The van der Waals surface area contributed by atoms with Gasteiger partial charge in [0.05, 0.1) is 27.4 Å². The van der Waals surface area contributed by atoms with Gasteiger partial charge < -0.3 is 4.42 Å². The largest absolute Gasteiger partial charge is 0.462 e. The minimum absolute atomic E-state index is 0.135. The molecule has 2 amide bonds. The summed E-state index contributed by atoms with van der Waals surface area (Å²) < 4.78 is 6.52. The molecule has 2 aromatic carbocycles. The monoisotopic (exact) mass is 557 g/mol. The zero-order chi connectivity index (χ0) is 20.7. The Balaban J connectivity index is 1.67. The maximum atomic E-state index is 12.8. The van der Waals surface area contributed by atoms with Crippen LogP contribution in [0, 0.1) is 3.57 Å². The summed E-state index contributed by atoms with van der Waals surface area (Å²) >= 11 is 15.0. The van der Waals surface area contributed by atoms with E-state index < -0.39 is 11.1 Å². The first kappa shape index (κ1) is 20.5. The predicted molar refractivity (Wildman–Crippen MR) is 123 cm³/mol. The highest BCUT2D eigenvalue weighted by Gasteiger charge is 2.35. The van der Waals surface area contributed by atoms with Crippen LogP contribution in [-0.2, 0) is 11.3 Å². The molecule has 0 saturated carbocycles. The van der Waals surface area contributed by atoms with Crippen molar-refractivity contribution in [1.82, 2.24) is 4.90 Å². The first-order valence-corrected chi connectivity index (χ1v) is 10.9. The molecule has 0 N–H and O–H groups in total. The maximum absolute atomic E-state index is 12.8. The van der Waals surface area contributed by atoms with Gasteiger partial charge in [0, 0.05) is 8.59 Å². The van der Waals surface area contributed by atoms with Gasteiger partial charge >= 0.3 is 0 Å². The smallest absolute Gasteiger partial charge is 0.293 e. The Labute approximate surface area is 192 Å². The molecular formula is C20H10Cl2INO4S. The van der Waals surface area contributed by atoms with E-state index in [1.165, 1.54) is 24.5 Å². The summed E-state index contributed by atoms with van der Waals surface area (Å²) in [6, 6.07) is 10.5. The van der Waals surface area contributed by atoms with Gasteiger partial charge in [-0.1, -0.05) is 35.3 Å². The summed E-state index contributed by atoms with van der Waals surface area (Å²) in [6.45, 7) is 0.163. The van der Waals surface area contributed by atoms with Crippen molar-refractivity contribution in [3.63, 3.8) is 0 Å². The van der Waals surface area contributed by atoms with E-state index in [-0.39, 0.29) is 38.4 Å². The Kier molecular flexibility index (Phi) is 5.74. The number of nitrogens with zero attached hydrogens (tertiary/aromatic N) is 1. The van der Waals surface area contributed by atoms with Crippen LogP contribution >= 0.6 is 57.6 Å². The molecule has 1 fully saturated rings. The lowest BCUT2D eigenvalue weighted by Crippen LogP contribution is -2.27. The molecule has 29 heavy (non-hydrogen) atoms. The zero-order valence-electron chi connectivity index (χ0n) is 14.4. The Hall–Kier alpha value is -1.81. The summed E-state index contributed by atoms with van der Waals surface area (Å²) in [4.78, 5) is 39.1. The third-order valence-corrected chi connectivity index (χ3v) is 6.36. The second-order valence-corrected chi connectivity index (χ2v) is 9.26. The number of carbonyl (C=O) groups excluding carboxylic acids is 2. The van der Waals surface area contributed by atoms with E-state index in [2.05, 4.69) is 22.6 Å². The van der Waals surface area contributed by atoms with Crippen LogP contribution < -0.4 is 5.43 Å². The van der Waals surface area contributed by atoms with E-state index >= 15 is 0 Å². The van der Waals surface area contributed by atoms with E-state index in [1.807, 2.05) is 24.3 Å². The summed E-state index contributed by atoms with van der Waals surface area (Å²) in [7, 11) is 0. The molecule has 1 aromatic heterocycles. The number of carbonyl (C=O) groups is 2. The van der Waals surface area contributed by atoms with Crippen molar-refractivity contribution in [3.8, 4) is 0 Å². The second kappa shape index (κ2) is 8.14. The highest BCUT2D eigenvalue weighted by atomic mass is 127. The van der Waals surface area contributed by atoms with Crippen LogP contribution in [0.3, 0.4) is 0 Å². The molecular weight excluding hydrogens is 548 g/mol. The quantitative estimate of drug-likeness (QED) is 0.294. The van der Waals surface area contributed by atoms with Crippen LogP contribution in [0.25, 0.3) is 17.0 Å². The third-order valence-electron chi connectivity index (χ3n) is 4.23. The molecule has 4 rings (SSSR count). The average Bonchev–Trinajstić information content (AvgIpc) is 2.93. The molecule has 0 spiro atoms. The van der Waals surface area contributed by atoms with E-state index in [9.17, 15) is 14.4 Å². The van der Waals surface area contributed by atoms with Gasteiger partial charge in [0.2, 0.25) is 0 Å². The van der Waals surface area contributed by atoms with Crippen LogP contribution in [-0.4, -0.2) is 16.0 Å². The van der Waals surface area contributed by atoms with Gasteiger partial charge in [-0.2, -0.15) is 0 Å². The van der Waals surface area contributed by atoms with E-state index in [1.54, 1.807) is 0 Å². The van der Waals surface area contributed by atoms with Gasteiger partial charge in [-0.05, 0) is 70.3 Å². The van der Waals surface area contributed by atoms with Crippen molar-refractivity contribution in [2.24, 2.45) is 0 Å². The fraction of sp³-hybridized carbons (Fsp3) is 0.0500. The summed E-state index contributed by atoms with van der Waals surface area (Å²) in [6.07, 6.45) is 2.58. The molecule has 1 aliphatic heterocycles. The Bertz CT molecular complexity index is 1250. The molecule has 1 aliphatic rings. The molecule has 5 nitrogen and oxygen atoms in total. The number of rotatable bonds is 3. The third kappa shape index (κ3) is 4.09. The first-order valence-electron chi connectivity index (χ1n) is 8.24. The Morgan fingerprint density at radius 2 is 1.83 bits per heavy atom. The molecule has 9 heteroatoms. The molecule has 0 bridgehead atoms. The van der Waals surface area contributed by atoms with Crippen molar-refractivity contribution >= 4 is 85.7 Å². The molecule has 0 unspecified atom stereocenters. The van der Waals surface area contributed by atoms with Gasteiger partial charge in [0.1, 0.15) is 6.26 Å². The van der Waals surface area contributed by atoms with Crippen molar-refractivity contribution in [1.29, 1.82) is 0 Å². The highest BCUT2D eigenvalue weighted by molar-refractivity contribution is 14.1. The predicted octanol–water partition coefficient (Wildman–Crippen LogP) is 5.94. The number of thioether (sulfide) groups is 1. The molecule has 1 saturated heterocycles. The molecule has 0 radical (unpaired) electrons. The highest BCUT2D eigenvalue weighted by Crippen LogP contribution is 2.33. The average molecular weight is 558 g/mol. The van der Waals surface area contributed by atoms with Gasteiger partial charge in [-0.25, -0.2) is 0 Å². The number of hydrogen-bond donors (Lipinski definition) is 0. The Morgan fingerprint density at radius 1 is 1.10 bits per heavy atom. The maximum Gasteiger partial charge on any atom is 0.293 e. The van der Waals surface area contributed by atoms with Gasteiger partial charge in [0.15, 0.2) is 11.0 Å². The van der Waals surface area contributed by atoms with Crippen LogP contribution in [0.1, 0.15) is 11.1 Å². The second-order valence-electron chi connectivity index (χ2n) is 6.18. The van der Waals surface area contributed by atoms with Crippen LogP contribution in [0.2, 0.25) is 10.0 Å². The number of imide groups is 1. The van der Waals surface area contributed by atoms with Gasteiger partial charge in [-0.15, -0.1) is 0 Å². The molecule has 0 aliphatic carbocycles. The van der Waals surface area contributed by atoms with E-state index in [4.69, 9.17) is 27.6 Å². The normalized spacial score (nSPS) is 15.7. The molecule has 146 valence electrons. The van der Waals surface area contributed by atoms with Crippen LogP contribution in [0.5, 0.6) is 0 Å². The van der Waals surface area contributed by atoms with E-state index in [0.717, 1.165) is 25.8 Å². The van der Waals surface area contributed by atoms with E-state index in [0.29, 0.717) is 5.02 Å². The molecule has 0 atom stereocenters. The molecule has 2 heterocycles. The number of fused-ring (bicyclic) bond motifs is 1. The lowest BCUT2D eigenvalue weighted by atomic mass is 10.1. The lowest BCUT2D eigenvalue weighted by molar-refractivity contribution is -0.123. The number of halogens is 3. The van der Waals surface area contributed by atoms with Crippen LogP contribution in [0.4, 0.5) is 4.79 Å². The Morgan fingerprint density at radius 3 is 2.55 bits per heavy atom. The first-order chi connectivity index (χ1) is 13.8. The zero-order valence-corrected chi connectivity index (χ0v) is 18.9. The number of hydrogen-bond acceptors (Lipinski definition) is 5. The topological polar surface area (TPSA) is 67.6 Å². The fourth-order valence-electron chi connectivity index (χ4n) is 2.83. The van der Waals surface area contributed by atoms with Crippen molar-refractivity contribution < 1.29 is 14.0 Å². The standard InChI is InChI=1S/C20H10Cl2INO4S/c21-12-6-14-17(25)11(9-28-18(14)15(22)7-12)5-16-19(26)24(20(27)29-16)8-10-1-3-13(23)4-2-10/h1-7,9H,8H2/b16-5-. The fourth-order valence-corrected chi connectivity index (χ4v) is 4.56. The van der Waals surface area contributed by atoms with Crippen molar-refractivity contribution in [2.45, 2.75) is 6.54 Å². The van der Waals surface area contributed by atoms with Crippen LogP contribution in [0.15, 0.2) is 56.8 Å². The van der Waals surface area contributed by atoms with Crippen molar-refractivity contribution in [3.05, 3.63) is 82.5 Å². The summed E-state index contributed by atoms with van der Waals surface area (Å²) in [5.74, 6) is -0.456. The minimum Gasteiger partial charge on any atom is -0.462 e. The SMILES string of the molecule is O=C1S/C(=C\c2coc3c(Cl)cc(Cl)cc3c2=O)C(=O)N1Cc1ccc(I)cc1. The van der Waals surface area contributed by atoms with Gasteiger partial charge in [-0.3, -0.25) is 19.3 Å². The lowest BCUT2D eigenvalue weighted by Gasteiger charge is -2.12. The number of benzene rings is 2. The minimum atomic E-state index is -0.456.